The van der Waals surface area contributed by atoms with Gasteiger partial charge in [0.05, 0.1) is 11.7 Å². The van der Waals surface area contributed by atoms with Gasteiger partial charge in [-0.2, -0.15) is 4.98 Å². The first-order chi connectivity index (χ1) is 16.4. The highest BCUT2D eigenvalue weighted by molar-refractivity contribution is 14.1. The van der Waals surface area contributed by atoms with Crippen molar-refractivity contribution in [2.24, 2.45) is 7.05 Å². The summed E-state index contributed by atoms with van der Waals surface area (Å²) in [4.78, 5) is 35.4. The van der Waals surface area contributed by atoms with E-state index in [2.05, 4.69) is 51.5 Å². The summed E-state index contributed by atoms with van der Waals surface area (Å²) in [6.45, 7) is 3.45. The normalized spacial score (nSPS) is 14.6. The minimum absolute atomic E-state index is 0.101. The number of rotatable bonds is 6. The van der Waals surface area contributed by atoms with E-state index in [4.69, 9.17) is 16.3 Å². The summed E-state index contributed by atoms with van der Waals surface area (Å²) in [6, 6.07) is 7.19. The van der Waals surface area contributed by atoms with Gasteiger partial charge in [-0.3, -0.25) is 9.59 Å². The zero-order chi connectivity index (χ0) is 24.2. The summed E-state index contributed by atoms with van der Waals surface area (Å²) >= 11 is 8.74. The average molecular weight is 598 g/mol. The molecule has 1 amide bonds. The monoisotopic (exact) mass is 597 g/mol. The number of nitrogens with one attached hydrogen (secondary N) is 2. The molecule has 3 heterocycles. The van der Waals surface area contributed by atoms with E-state index >= 15 is 0 Å². The maximum Gasteiger partial charge on any atom is 0.293 e. The van der Waals surface area contributed by atoms with Gasteiger partial charge < -0.3 is 24.8 Å². The van der Waals surface area contributed by atoms with Crippen molar-refractivity contribution in [3.05, 3.63) is 45.8 Å². The standard InChI is InChI=1S/C22H25ClIN7O3/c1-25-19(32)13-34-18-11-14-10-15(4-5-17(14)29(2)21(18)33)27-20-16(23)12-26-22(28-20)30-6-3-7-31(24)9-8-30/h4-5,10-12H,3,6-9,13H2,1-2H3,(H,25,32)(H,26,27,28). The largest absolute Gasteiger partial charge is 0.478 e. The fourth-order valence-electron chi connectivity index (χ4n) is 3.67. The van der Waals surface area contributed by atoms with Crippen molar-refractivity contribution in [3.63, 3.8) is 0 Å². The molecule has 12 heteroatoms. The Labute approximate surface area is 215 Å². The molecular weight excluding hydrogens is 573 g/mol. The van der Waals surface area contributed by atoms with Crippen LogP contribution < -0.4 is 25.8 Å². The summed E-state index contributed by atoms with van der Waals surface area (Å²) in [5.74, 6) is 0.917. The lowest BCUT2D eigenvalue weighted by Crippen LogP contribution is -2.29. The van der Waals surface area contributed by atoms with E-state index in [0.717, 1.165) is 49.2 Å². The number of benzene rings is 1. The quantitative estimate of drug-likeness (QED) is 0.330. The molecule has 2 N–H and O–H groups in total. The molecule has 1 aromatic carbocycles. The molecule has 0 aliphatic carbocycles. The Morgan fingerprint density at radius 3 is 2.85 bits per heavy atom. The van der Waals surface area contributed by atoms with E-state index < -0.39 is 0 Å². The van der Waals surface area contributed by atoms with E-state index in [1.807, 2.05) is 18.2 Å². The van der Waals surface area contributed by atoms with Gasteiger partial charge in [0.25, 0.3) is 11.5 Å². The number of aryl methyl sites for hydroxylation is 1. The predicted molar refractivity (Wildman–Crippen MR) is 141 cm³/mol. The number of pyridine rings is 1. The van der Waals surface area contributed by atoms with Crippen LogP contribution in [0, 0.1) is 0 Å². The molecule has 1 fully saturated rings. The second-order valence-electron chi connectivity index (χ2n) is 7.85. The summed E-state index contributed by atoms with van der Waals surface area (Å²) in [6.07, 6.45) is 2.64. The van der Waals surface area contributed by atoms with Gasteiger partial charge in [-0.15, -0.1) is 0 Å². The minimum atomic E-state index is -0.317. The Morgan fingerprint density at radius 1 is 1.24 bits per heavy atom. The predicted octanol–water partition coefficient (Wildman–Crippen LogP) is 2.71. The third-order valence-electron chi connectivity index (χ3n) is 5.55. The highest BCUT2D eigenvalue weighted by Gasteiger charge is 2.17. The van der Waals surface area contributed by atoms with Gasteiger partial charge in [-0.25, -0.2) is 8.10 Å². The van der Waals surface area contributed by atoms with Crippen LogP contribution in [0.4, 0.5) is 17.5 Å². The smallest absolute Gasteiger partial charge is 0.293 e. The van der Waals surface area contributed by atoms with Crippen LogP contribution in [0.25, 0.3) is 10.9 Å². The van der Waals surface area contributed by atoms with Crippen molar-refractivity contribution in [2.45, 2.75) is 6.42 Å². The van der Waals surface area contributed by atoms with Crippen molar-refractivity contribution in [1.29, 1.82) is 0 Å². The minimum Gasteiger partial charge on any atom is -0.478 e. The first-order valence-corrected chi connectivity index (χ1v) is 12.1. The molecule has 0 radical (unpaired) electrons. The Morgan fingerprint density at radius 2 is 2.06 bits per heavy atom. The molecule has 10 nitrogen and oxygen atoms in total. The van der Waals surface area contributed by atoms with Gasteiger partial charge in [-0.05, 0) is 30.7 Å². The fourth-order valence-corrected chi connectivity index (χ4v) is 4.37. The molecule has 3 aromatic rings. The van der Waals surface area contributed by atoms with Crippen molar-refractivity contribution in [3.8, 4) is 5.75 Å². The maximum absolute atomic E-state index is 12.6. The van der Waals surface area contributed by atoms with Gasteiger partial charge in [0.2, 0.25) is 5.95 Å². The molecule has 180 valence electrons. The number of hydrogen-bond acceptors (Lipinski definition) is 8. The summed E-state index contributed by atoms with van der Waals surface area (Å²) in [5, 5.41) is 6.91. The lowest BCUT2D eigenvalue weighted by Gasteiger charge is -2.21. The number of halogens is 2. The number of carbonyl (C=O) groups excluding carboxylic acids is 1. The molecule has 4 rings (SSSR count). The van der Waals surface area contributed by atoms with Gasteiger partial charge in [0.15, 0.2) is 18.2 Å². The fraction of sp³-hybridized carbons (Fsp3) is 0.364. The number of nitrogens with zero attached hydrogens (tertiary/aromatic N) is 5. The number of carbonyl (C=O) groups is 1. The maximum atomic E-state index is 12.6. The molecule has 34 heavy (non-hydrogen) atoms. The molecule has 0 saturated carbocycles. The molecule has 1 saturated heterocycles. The third kappa shape index (κ3) is 5.53. The van der Waals surface area contributed by atoms with Crippen molar-refractivity contribution in [2.75, 3.05) is 50.1 Å². The van der Waals surface area contributed by atoms with Crippen LogP contribution in [0.3, 0.4) is 0 Å². The van der Waals surface area contributed by atoms with E-state index in [9.17, 15) is 9.59 Å². The molecule has 0 atom stereocenters. The average Bonchev–Trinajstić information content (AvgIpc) is 3.06. The summed E-state index contributed by atoms with van der Waals surface area (Å²) in [7, 11) is 3.17. The number of amides is 1. The molecule has 0 spiro atoms. The lowest BCUT2D eigenvalue weighted by molar-refractivity contribution is -0.122. The zero-order valence-corrected chi connectivity index (χ0v) is 21.8. The van der Waals surface area contributed by atoms with Gasteiger partial charge >= 0.3 is 0 Å². The number of anilines is 3. The molecule has 1 aliphatic rings. The molecular formula is C22H25ClIN7O3. The van der Waals surface area contributed by atoms with E-state index in [1.54, 1.807) is 19.3 Å². The van der Waals surface area contributed by atoms with Crippen molar-refractivity contribution < 1.29 is 9.53 Å². The molecule has 0 unspecified atom stereocenters. The molecule has 2 aromatic heterocycles. The first kappa shape index (κ1) is 24.5. The topological polar surface area (TPSA) is 105 Å². The Bertz CT molecular complexity index is 1270. The second kappa shape index (κ2) is 10.7. The van der Waals surface area contributed by atoms with E-state index in [-0.39, 0.29) is 23.8 Å². The highest BCUT2D eigenvalue weighted by Crippen LogP contribution is 2.28. The van der Waals surface area contributed by atoms with E-state index in [1.165, 1.54) is 11.6 Å². The van der Waals surface area contributed by atoms with Crippen LogP contribution >= 0.6 is 34.5 Å². The number of hydrogen-bond donors (Lipinski definition) is 2. The molecule has 0 bridgehead atoms. The zero-order valence-electron chi connectivity index (χ0n) is 18.8. The number of likely N-dealkylation sites (N-methyl/N-ethyl adjacent to an activating group) is 1. The van der Waals surface area contributed by atoms with Gasteiger partial charge in [0, 0.05) is 74.2 Å². The van der Waals surface area contributed by atoms with Crippen LogP contribution in [0.2, 0.25) is 5.02 Å². The highest BCUT2D eigenvalue weighted by atomic mass is 127. The number of aromatic nitrogens is 3. The second-order valence-corrected chi connectivity index (χ2v) is 9.62. The van der Waals surface area contributed by atoms with Crippen LogP contribution in [-0.4, -0.2) is 63.4 Å². The van der Waals surface area contributed by atoms with Crippen LogP contribution in [0.15, 0.2) is 35.3 Å². The molecule has 1 aliphatic heterocycles. The van der Waals surface area contributed by atoms with Crippen molar-refractivity contribution in [1.82, 2.24) is 23.0 Å². The Hall–Kier alpha value is -2.64. The summed E-state index contributed by atoms with van der Waals surface area (Å²) in [5.41, 5.74) is 1.15. The first-order valence-electron chi connectivity index (χ1n) is 10.8. The number of fused-ring (bicyclic) bond motifs is 1. The number of ether oxygens (including phenoxy) is 1. The van der Waals surface area contributed by atoms with Crippen LogP contribution in [0.5, 0.6) is 5.75 Å². The van der Waals surface area contributed by atoms with Crippen LogP contribution in [-0.2, 0) is 11.8 Å². The Kier molecular flexibility index (Phi) is 7.73. The van der Waals surface area contributed by atoms with Gasteiger partial charge in [-0.1, -0.05) is 11.6 Å². The SMILES string of the molecule is CNC(=O)COc1cc2cc(Nc3nc(N4CCCN(I)CC4)ncc3Cl)ccc2n(C)c1=O. The Balaban J connectivity index is 1.61. The lowest BCUT2D eigenvalue weighted by atomic mass is 10.2. The van der Waals surface area contributed by atoms with E-state index in [0.29, 0.717) is 16.8 Å². The van der Waals surface area contributed by atoms with Crippen LogP contribution in [0.1, 0.15) is 6.42 Å². The summed E-state index contributed by atoms with van der Waals surface area (Å²) < 4.78 is 9.19. The third-order valence-corrected chi connectivity index (χ3v) is 6.79. The van der Waals surface area contributed by atoms with Crippen molar-refractivity contribution >= 4 is 68.7 Å². The van der Waals surface area contributed by atoms with Gasteiger partial charge in [0.1, 0.15) is 5.02 Å².